The minimum Gasteiger partial charge on any atom is -0.382 e. The van der Waals surface area contributed by atoms with Crippen LogP contribution in [0.5, 0.6) is 5.75 Å². The van der Waals surface area contributed by atoms with Crippen molar-refractivity contribution < 1.29 is 30.6 Å². The van der Waals surface area contributed by atoms with Gasteiger partial charge in [0.25, 0.3) is 0 Å². The monoisotopic (exact) mass is 360 g/mol. The third-order valence-electron chi connectivity index (χ3n) is 1.97. The topological polar surface area (TPSA) is 60.4 Å². The Morgan fingerprint density at radius 2 is 1.95 bits per heavy atom. The Labute approximate surface area is 115 Å². The molecule has 0 aliphatic heterocycles. The molecule has 1 aromatic carbocycles. The lowest BCUT2D eigenvalue weighted by Gasteiger charge is -2.14. The Bertz CT molecular complexity index is 595. The van der Waals surface area contributed by atoms with E-state index >= 15 is 0 Å². The molecule has 0 atom stereocenters. The molecule has 0 amide bonds. The fourth-order valence-electron chi connectivity index (χ4n) is 1.35. The quantitative estimate of drug-likeness (QED) is 0.470. The summed E-state index contributed by atoms with van der Waals surface area (Å²) in [6.07, 6.45) is -4.11. The Morgan fingerprint density at radius 1 is 1.37 bits per heavy atom. The fourth-order valence-corrected chi connectivity index (χ4v) is 2.10. The molecule has 0 heterocycles. The molecule has 0 N–H and O–H groups in total. The number of benzene rings is 1. The van der Waals surface area contributed by atoms with Crippen molar-refractivity contribution in [2.24, 2.45) is 0 Å². The van der Waals surface area contributed by atoms with Crippen molar-refractivity contribution in [3.8, 4) is 5.75 Å². The van der Waals surface area contributed by atoms with Gasteiger partial charge in [-0.2, -0.15) is 21.6 Å². The Balaban J connectivity index is 3.52. The van der Waals surface area contributed by atoms with Crippen LogP contribution in [-0.2, 0) is 16.3 Å². The summed E-state index contributed by atoms with van der Waals surface area (Å²) in [5.74, 6) is -1.56. The largest absolute Gasteiger partial charge is 0.417 e. The minimum atomic E-state index is -4.79. The first kappa shape index (κ1) is 16.0. The Morgan fingerprint density at radius 3 is 2.37 bits per heavy atom. The first-order valence-electron chi connectivity index (χ1n) is 4.75. The molecule has 0 spiro atoms. The lowest BCUT2D eigenvalue weighted by atomic mass is 10.0. The van der Waals surface area contributed by atoms with Crippen LogP contribution in [0.4, 0.5) is 13.2 Å². The average Bonchev–Trinajstić information content (AvgIpc) is 2.24. The van der Waals surface area contributed by atoms with Crippen molar-refractivity contribution in [2.45, 2.75) is 6.18 Å². The predicted molar refractivity (Wildman–Crippen MR) is 65.0 cm³/mol. The van der Waals surface area contributed by atoms with Gasteiger partial charge in [0.2, 0.25) is 0 Å². The summed E-state index contributed by atoms with van der Waals surface area (Å²) in [5.41, 5.74) is -2.05. The lowest BCUT2D eigenvalue weighted by molar-refractivity contribution is -0.138. The van der Waals surface area contributed by atoms with Gasteiger partial charge in [-0.05, 0) is 12.1 Å². The van der Waals surface area contributed by atoms with E-state index in [1.165, 1.54) is 0 Å². The predicted octanol–water partition coefficient (Wildman–Crippen LogP) is 2.62. The second kappa shape index (κ2) is 5.49. The van der Waals surface area contributed by atoms with Crippen LogP contribution in [0.15, 0.2) is 18.2 Å². The third-order valence-corrected chi connectivity index (χ3v) is 2.96. The third kappa shape index (κ3) is 4.20. The van der Waals surface area contributed by atoms with Crippen molar-refractivity contribution in [3.05, 3.63) is 29.3 Å². The lowest BCUT2D eigenvalue weighted by Crippen LogP contribution is -2.17. The maximum absolute atomic E-state index is 12.8. The zero-order chi connectivity index (χ0) is 14.8. The average molecular weight is 361 g/mol. The van der Waals surface area contributed by atoms with Crippen molar-refractivity contribution in [1.29, 1.82) is 0 Å². The van der Waals surface area contributed by atoms with Crippen LogP contribution in [0.2, 0.25) is 0 Å². The molecular formula is C10H8BrF3O4S. The molecular weight excluding hydrogens is 353 g/mol. The SMILES string of the molecule is CS(=O)(=O)Oc1cccc(C(F)(F)F)c1C(=O)CBr. The van der Waals surface area contributed by atoms with E-state index in [-0.39, 0.29) is 5.33 Å². The van der Waals surface area contributed by atoms with Gasteiger partial charge >= 0.3 is 16.3 Å². The number of hydrogen-bond acceptors (Lipinski definition) is 4. The van der Waals surface area contributed by atoms with E-state index in [2.05, 4.69) is 20.1 Å². The molecule has 4 nitrogen and oxygen atoms in total. The molecule has 9 heteroatoms. The van der Waals surface area contributed by atoms with Crippen LogP contribution >= 0.6 is 15.9 Å². The van der Waals surface area contributed by atoms with Crippen molar-refractivity contribution in [1.82, 2.24) is 0 Å². The van der Waals surface area contributed by atoms with E-state index in [4.69, 9.17) is 0 Å². The number of rotatable bonds is 4. The van der Waals surface area contributed by atoms with Gasteiger partial charge in [0.05, 0.1) is 22.7 Å². The summed E-state index contributed by atoms with van der Waals surface area (Å²) in [4.78, 5) is 11.6. The van der Waals surface area contributed by atoms with E-state index in [0.29, 0.717) is 12.3 Å². The number of halogens is 4. The second-order valence-electron chi connectivity index (χ2n) is 3.52. The van der Waals surface area contributed by atoms with Gasteiger partial charge in [-0.15, -0.1) is 0 Å². The second-order valence-corrected chi connectivity index (χ2v) is 5.66. The first-order chi connectivity index (χ1) is 8.56. The van der Waals surface area contributed by atoms with Crippen LogP contribution in [0.25, 0.3) is 0 Å². The maximum Gasteiger partial charge on any atom is 0.417 e. The maximum atomic E-state index is 12.8. The highest BCUT2D eigenvalue weighted by molar-refractivity contribution is 9.09. The fraction of sp³-hybridized carbons (Fsp3) is 0.300. The van der Waals surface area contributed by atoms with E-state index < -0.39 is 39.0 Å². The van der Waals surface area contributed by atoms with Gasteiger partial charge in [-0.25, -0.2) is 0 Å². The minimum absolute atomic E-state index is 0.389. The first-order valence-corrected chi connectivity index (χ1v) is 7.69. The summed E-state index contributed by atoms with van der Waals surface area (Å²) in [7, 11) is -4.04. The van der Waals surface area contributed by atoms with Crippen molar-refractivity contribution in [2.75, 3.05) is 11.6 Å². The number of hydrogen-bond donors (Lipinski definition) is 0. The smallest absolute Gasteiger partial charge is 0.382 e. The van der Waals surface area contributed by atoms with Gasteiger partial charge in [-0.1, -0.05) is 22.0 Å². The van der Waals surface area contributed by atoms with Gasteiger partial charge in [0.1, 0.15) is 0 Å². The molecule has 0 aromatic heterocycles. The van der Waals surface area contributed by atoms with Crippen LogP contribution in [-0.4, -0.2) is 25.8 Å². The van der Waals surface area contributed by atoms with Crippen molar-refractivity contribution in [3.63, 3.8) is 0 Å². The molecule has 0 saturated heterocycles. The zero-order valence-electron chi connectivity index (χ0n) is 9.49. The highest BCUT2D eigenvalue weighted by Gasteiger charge is 2.37. The highest BCUT2D eigenvalue weighted by atomic mass is 79.9. The number of carbonyl (C=O) groups is 1. The van der Waals surface area contributed by atoms with E-state index in [1.54, 1.807) is 0 Å². The number of alkyl halides is 4. The van der Waals surface area contributed by atoms with Crippen LogP contribution in [0, 0.1) is 0 Å². The number of ketones is 1. The van der Waals surface area contributed by atoms with Crippen molar-refractivity contribution >= 4 is 31.8 Å². The summed E-state index contributed by atoms with van der Waals surface area (Å²) in [6.45, 7) is 0. The normalized spacial score (nSPS) is 12.3. The molecule has 1 rings (SSSR count). The summed E-state index contributed by atoms with van der Waals surface area (Å²) >= 11 is 2.74. The molecule has 0 radical (unpaired) electrons. The van der Waals surface area contributed by atoms with Gasteiger partial charge in [0.15, 0.2) is 11.5 Å². The van der Waals surface area contributed by atoms with Gasteiger partial charge < -0.3 is 4.18 Å². The molecule has 0 aliphatic rings. The van der Waals surface area contributed by atoms with Gasteiger partial charge in [0, 0.05) is 0 Å². The molecule has 0 bridgehead atoms. The summed E-state index contributed by atoms with van der Waals surface area (Å²) < 4.78 is 64.8. The number of carbonyl (C=O) groups excluding carboxylic acids is 1. The molecule has 0 saturated carbocycles. The zero-order valence-corrected chi connectivity index (χ0v) is 11.9. The number of Topliss-reactive ketones (excluding diaryl/α,β-unsaturated/α-hetero) is 1. The highest BCUT2D eigenvalue weighted by Crippen LogP contribution is 2.36. The molecule has 0 aliphatic carbocycles. The summed E-state index contributed by atoms with van der Waals surface area (Å²) in [5, 5.41) is -0.389. The Kier molecular flexibility index (Phi) is 4.62. The summed E-state index contributed by atoms with van der Waals surface area (Å²) in [6, 6.07) is 2.64. The molecule has 106 valence electrons. The van der Waals surface area contributed by atoms with E-state index in [1.807, 2.05) is 0 Å². The van der Waals surface area contributed by atoms with E-state index in [0.717, 1.165) is 12.1 Å². The van der Waals surface area contributed by atoms with Gasteiger partial charge in [-0.3, -0.25) is 4.79 Å². The van der Waals surface area contributed by atoms with E-state index in [9.17, 15) is 26.4 Å². The molecule has 0 unspecified atom stereocenters. The molecule has 1 aromatic rings. The molecule has 0 fully saturated rings. The van der Waals surface area contributed by atoms with Crippen LogP contribution in [0.1, 0.15) is 15.9 Å². The Hall–Kier alpha value is -1.09. The standard InChI is InChI=1S/C10H8BrF3O4S/c1-19(16,17)18-8-4-2-3-6(10(12,13)14)9(8)7(15)5-11/h2-4H,5H2,1H3. The van der Waals surface area contributed by atoms with Crippen LogP contribution < -0.4 is 4.18 Å². The molecule has 19 heavy (non-hydrogen) atoms. The van der Waals surface area contributed by atoms with Crippen LogP contribution in [0.3, 0.4) is 0 Å².